The zero-order valence-corrected chi connectivity index (χ0v) is 25.1. The molecule has 0 saturated carbocycles. The van der Waals surface area contributed by atoms with Crippen LogP contribution in [0.25, 0.3) is 10.8 Å². The van der Waals surface area contributed by atoms with E-state index in [4.69, 9.17) is 4.74 Å². The zero-order valence-electron chi connectivity index (χ0n) is 25.1. The van der Waals surface area contributed by atoms with Crippen LogP contribution in [-0.2, 0) is 25.5 Å². The van der Waals surface area contributed by atoms with E-state index in [-0.39, 0.29) is 18.1 Å². The van der Waals surface area contributed by atoms with Crippen molar-refractivity contribution in [2.75, 3.05) is 13.2 Å². The third kappa shape index (κ3) is 9.42. The van der Waals surface area contributed by atoms with Crippen molar-refractivity contribution in [3.05, 3.63) is 59.0 Å². The largest absolute Gasteiger partial charge is 0.480 e. The second kappa shape index (κ2) is 16.5. The molecule has 2 heterocycles. The highest BCUT2D eigenvalue weighted by Gasteiger charge is 2.39. The van der Waals surface area contributed by atoms with Crippen LogP contribution < -0.4 is 16.2 Å². The average Bonchev–Trinajstić information content (AvgIpc) is 3.49. The molecule has 3 amide bonds. The Balaban J connectivity index is 1.48. The number of nitrogens with zero attached hydrogens (tertiary/aromatic N) is 1. The summed E-state index contributed by atoms with van der Waals surface area (Å²) in [5.74, 6) is -2.57. The first-order valence-corrected chi connectivity index (χ1v) is 15.2. The van der Waals surface area contributed by atoms with Crippen LogP contribution in [0.1, 0.15) is 70.8 Å². The molecule has 0 radical (unpaired) electrons. The highest BCUT2D eigenvalue weighted by molar-refractivity contribution is 5.93. The standard InChI is InChI=1S/C32H44N4O7/c1-4-6-12-25(30(39)36-18-10-13-26(36)29(38)35-27(31(40)41)21(3)5-2)34-32(42)43-19-9-7-8-11-22-14-15-23-16-17-33-28(37)24(23)20-22/h5,14-17,20-21,25-27H,2,4,6-13,18-19H2,1,3H3,(H,33,37)(H,34,42)(H,35,38)(H,40,41)/t21-,25-,26-,27?/m0/s1. The van der Waals surface area contributed by atoms with Gasteiger partial charge in [0.15, 0.2) is 0 Å². The number of carbonyl (C=O) groups is 4. The Hall–Kier alpha value is -4.15. The van der Waals surface area contributed by atoms with Gasteiger partial charge in [0.25, 0.3) is 5.56 Å². The number of aromatic nitrogens is 1. The third-order valence-corrected chi connectivity index (χ3v) is 7.92. The number of benzene rings is 1. The number of carbonyl (C=O) groups excluding carboxylic acids is 3. The number of unbranched alkanes of at least 4 members (excludes halogenated alkanes) is 3. The van der Waals surface area contributed by atoms with E-state index < -0.39 is 42.0 Å². The topological polar surface area (TPSA) is 158 Å². The van der Waals surface area contributed by atoms with Crippen LogP contribution in [0.3, 0.4) is 0 Å². The molecule has 1 fully saturated rings. The van der Waals surface area contributed by atoms with Gasteiger partial charge in [-0.25, -0.2) is 9.59 Å². The quantitative estimate of drug-likeness (QED) is 0.169. The van der Waals surface area contributed by atoms with Crippen molar-refractivity contribution in [2.45, 2.75) is 89.8 Å². The molecule has 4 N–H and O–H groups in total. The van der Waals surface area contributed by atoms with E-state index in [1.807, 2.05) is 31.2 Å². The number of ether oxygens (including phenoxy) is 1. The van der Waals surface area contributed by atoms with Crippen molar-refractivity contribution in [3.63, 3.8) is 0 Å². The maximum atomic E-state index is 13.5. The van der Waals surface area contributed by atoms with E-state index >= 15 is 0 Å². The lowest BCUT2D eigenvalue weighted by Gasteiger charge is -2.30. The lowest BCUT2D eigenvalue weighted by atomic mass is 10.0. The van der Waals surface area contributed by atoms with Gasteiger partial charge in [-0.3, -0.25) is 14.4 Å². The van der Waals surface area contributed by atoms with Gasteiger partial charge in [-0.15, -0.1) is 6.58 Å². The van der Waals surface area contributed by atoms with Gasteiger partial charge in [0.05, 0.1) is 6.61 Å². The molecule has 0 spiro atoms. The van der Waals surface area contributed by atoms with Gasteiger partial charge in [0.2, 0.25) is 11.8 Å². The minimum absolute atomic E-state index is 0.108. The SMILES string of the molecule is C=C[C@H](C)C(NC(=O)[C@@H]1CCCN1C(=O)[C@H](CCCC)NC(=O)OCCCCCc1ccc2cc[nH]c(=O)c2c1)C(=O)O. The van der Waals surface area contributed by atoms with Gasteiger partial charge < -0.3 is 30.4 Å². The number of carboxylic acid groups (broad SMARTS) is 1. The molecule has 11 nitrogen and oxygen atoms in total. The van der Waals surface area contributed by atoms with Crippen LogP contribution in [0, 0.1) is 5.92 Å². The molecule has 1 unspecified atom stereocenters. The number of likely N-dealkylation sites (tertiary alicyclic amines) is 1. The molecule has 4 atom stereocenters. The first-order valence-electron chi connectivity index (χ1n) is 15.2. The molecule has 1 aromatic heterocycles. The number of carboxylic acids is 1. The number of H-pyrrole nitrogens is 1. The van der Waals surface area contributed by atoms with Gasteiger partial charge in [-0.05, 0) is 68.0 Å². The lowest BCUT2D eigenvalue weighted by molar-refractivity contribution is -0.145. The number of nitrogens with one attached hydrogen (secondary N) is 3. The number of aliphatic carboxylic acids is 1. The summed E-state index contributed by atoms with van der Waals surface area (Å²) in [7, 11) is 0. The Kier molecular flexibility index (Phi) is 12.8. The van der Waals surface area contributed by atoms with Crippen molar-refractivity contribution in [1.82, 2.24) is 20.5 Å². The summed E-state index contributed by atoms with van der Waals surface area (Å²) in [4.78, 5) is 66.9. The molecular weight excluding hydrogens is 552 g/mol. The molecule has 1 aromatic carbocycles. The van der Waals surface area contributed by atoms with Crippen LogP contribution in [0.4, 0.5) is 4.79 Å². The fourth-order valence-electron chi connectivity index (χ4n) is 5.32. The van der Waals surface area contributed by atoms with E-state index in [1.54, 1.807) is 13.1 Å². The minimum atomic E-state index is -1.17. The molecule has 0 aliphatic carbocycles. The van der Waals surface area contributed by atoms with E-state index in [1.165, 1.54) is 11.0 Å². The Morgan fingerprint density at radius 2 is 1.95 bits per heavy atom. The van der Waals surface area contributed by atoms with Crippen LogP contribution in [0.15, 0.2) is 47.9 Å². The van der Waals surface area contributed by atoms with Crippen molar-refractivity contribution < 1.29 is 29.0 Å². The normalized spacial score (nSPS) is 16.7. The summed E-state index contributed by atoms with van der Waals surface area (Å²) in [5.41, 5.74) is 0.964. The molecule has 234 valence electrons. The highest BCUT2D eigenvalue weighted by Crippen LogP contribution is 2.21. The number of hydrogen-bond acceptors (Lipinski definition) is 6. The van der Waals surface area contributed by atoms with E-state index in [0.717, 1.165) is 36.6 Å². The molecular formula is C32H44N4O7. The molecule has 1 saturated heterocycles. The van der Waals surface area contributed by atoms with Crippen molar-refractivity contribution >= 4 is 34.6 Å². The number of alkyl carbamates (subject to hydrolysis) is 1. The average molecular weight is 597 g/mol. The van der Waals surface area contributed by atoms with E-state index in [2.05, 4.69) is 22.2 Å². The van der Waals surface area contributed by atoms with Crippen LogP contribution in [-0.4, -0.2) is 70.1 Å². The van der Waals surface area contributed by atoms with Gasteiger partial charge >= 0.3 is 12.1 Å². The summed E-state index contributed by atoms with van der Waals surface area (Å²) in [5, 5.41) is 16.3. The predicted molar refractivity (Wildman–Crippen MR) is 164 cm³/mol. The first kappa shape index (κ1) is 33.4. The van der Waals surface area contributed by atoms with Gasteiger partial charge in [-0.1, -0.05) is 44.9 Å². The van der Waals surface area contributed by atoms with E-state index in [0.29, 0.717) is 44.0 Å². The smallest absolute Gasteiger partial charge is 0.407 e. The number of fused-ring (bicyclic) bond motifs is 1. The van der Waals surface area contributed by atoms with Crippen LogP contribution in [0.5, 0.6) is 0 Å². The number of hydrogen-bond donors (Lipinski definition) is 4. The number of pyridine rings is 1. The van der Waals surface area contributed by atoms with Crippen LogP contribution in [0.2, 0.25) is 0 Å². The number of rotatable bonds is 16. The second-order valence-electron chi connectivity index (χ2n) is 11.1. The Labute approximate surface area is 252 Å². The molecule has 2 aromatic rings. The molecule has 43 heavy (non-hydrogen) atoms. The predicted octanol–water partition coefficient (Wildman–Crippen LogP) is 3.91. The van der Waals surface area contributed by atoms with Crippen LogP contribution >= 0.6 is 0 Å². The minimum Gasteiger partial charge on any atom is -0.480 e. The molecule has 1 aliphatic rings. The molecule has 1 aliphatic heterocycles. The summed E-state index contributed by atoms with van der Waals surface area (Å²) in [6.45, 7) is 7.78. The second-order valence-corrected chi connectivity index (χ2v) is 11.1. The molecule has 0 bridgehead atoms. The number of amides is 3. The first-order chi connectivity index (χ1) is 20.7. The fraction of sp³-hybridized carbons (Fsp3) is 0.531. The van der Waals surface area contributed by atoms with Gasteiger partial charge in [0.1, 0.15) is 18.1 Å². The van der Waals surface area contributed by atoms with Crippen molar-refractivity contribution in [2.24, 2.45) is 5.92 Å². The van der Waals surface area contributed by atoms with E-state index in [9.17, 15) is 29.1 Å². The van der Waals surface area contributed by atoms with Gasteiger partial charge in [0, 0.05) is 24.0 Å². The molecule has 11 heteroatoms. The summed E-state index contributed by atoms with van der Waals surface area (Å²) < 4.78 is 5.36. The molecule has 3 rings (SSSR count). The summed E-state index contributed by atoms with van der Waals surface area (Å²) in [6.07, 6.45) is 8.46. The maximum absolute atomic E-state index is 13.5. The summed E-state index contributed by atoms with van der Waals surface area (Å²) >= 11 is 0. The number of aryl methyl sites for hydroxylation is 1. The van der Waals surface area contributed by atoms with Gasteiger partial charge in [-0.2, -0.15) is 0 Å². The third-order valence-electron chi connectivity index (χ3n) is 7.92. The Bertz CT molecular complexity index is 1340. The maximum Gasteiger partial charge on any atom is 0.407 e. The van der Waals surface area contributed by atoms with Crippen molar-refractivity contribution in [1.29, 1.82) is 0 Å². The fourth-order valence-corrected chi connectivity index (χ4v) is 5.32. The monoisotopic (exact) mass is 596 g/mol. The zero-order chi connectivity index (χ0) is 31.4. The van der Waals surface area contributed by atoms with Crippen molar-refractivity contribution in [3.8, 4) is 0 Å². The lowest BCUT2D eigenvalue weighted by Crippen LogP contribution is -2.56. The Morgan fingerprint density at radius 1 is 1.16 bits per heavy atom. The highest BCUT2D eigenvalue weighted by atomic mass is 16.5. The summed E-state index contributed by atoms with van der Waals surface area (Å²) in [6, 6.07) is 4.92. The number of aromatic amines is 1. The Morgan fingerprint density at radius 3 is 2.67 bits per heavy atom.